The van der Waals surface area contributed by atoms with Gasteiger partial charge in [0, 0.05) is 16.5 Å². The highest BCUT2D eigenvalue weighted by Crippen LogP contribution is 2.25. The molecule has 0 aliphatic carbocycles. The van der Waals surface area contributed by atoms with Gasteiger partial charge in [-0.05, 0) is 11.6 Å². The van der Waals surface area contributed by atoms with E-state index in [0.29, 0.717) is 11.4 Å². The molecule has 1 amide bonds. The molecule has 0 bridgehead atoms. The molecule has 0 unspecified atom stereocenters. The first-order valence-electron chi connectivity index (χ1n) is 6.94. The zero-order chi connectivity index (χ0) is 15.5. The largest absolute Gasteiger partial charge is 0.353 e. The van der Waals surface area contributed by atoms with Gasteiger partial charge in [-0.2, -0.15) is 0 Å². The number of hydrogen-bond acceptors (Lipinski definition) is 3. The van der Waals surface area contributed by atoms with Crippen LogP contribution in [0, 0.1) is 5.41 Å². The molecule has 3 aromatic rings. The van der Waals surface area contributed by atoms with Gasteiger partial charge >= 0.3 is 0 Å². The average Bonchev–Trinajstić information content (AvgIpc) is 2.93. The van der Waals surface area contributed by atoms with Gasteiger partial charge in [0.05, 0.1) is 17.8 Å². The molecule has 0 saturated carbocycles. The van der Waals surface area contributed by atoms with Crippen molar-refractivity contribution in [1.82, 2.24) is 10.4 Å². The van der Waals surface area contributed by atoms with E-state index in [2.05, 4.69) is 10.4 Å². The van der Waals surface area contributed by atoms with E-state index in [-0.39, 0.29) is 12.3 Å². The van der Waals surface area contributed by atoms with Crippen molar-refractivity contribution in [3.63, 3.8) is 0 Å². The van der Waals surface area contributed by atoms with Crippen LogP contribution in [-0.2, 0) is 11.2 Å². The third kappa shape index (κ3) is 2.49. The first kappa shape index (κ1) is 14.0. The van der Waals surface area contributed by atoms with Gasteiger partial charge in [-0.3, -0.25) is 15.6 Å². The summed E-state index contributed by atoms with van der Waals surface area (Å²) in [6.07, 6.45) is 0.130. The number of aromatic amines is 1. The van der Waals surface area contributed by atoms with Crippen LogP contribution in [0.2, 0.25) is 0 Å². The summed E-state index contributed by atoms with van der Waals surface area (Å²) in [7, 11) is 0. The van der Waals surface area contributed by atoms with Gasteiger partial charge < -0.3 is 4.98 Å². The predicted octanol–water partition coefficient (Wildman–Crippen LogP) is 2.12. The number of hydrazine groups is 1. The number of fused-ring (bicyclic) bond motifs is 1. The second-order valence-electron chi connectivity index (χ2n) is 5.01. The van der Waals surface area contributed by atoms with E-state index in [9.17, 15) is 4.79 Å². The first-order chi connectivity index (χ1) is 10.7. The van der Waals surface area contributed by atoms with E-state index >= 15 is 0 Å². The Kier molecular flexibility index (Phi) is 3.72. The maximum absolute atomic E-state index is 11.7. The molecule has 0 atom stereocenters. The number of rotatable bonds is 4. The Bertz CT molecular complexity index is 836. The van der Waals surface area contributed by atoms with E-state index in [1.165, 1.54) is 0 Å². The minimum Gasteiger partial charge on any atom is -0.353 e. The SMILES string of the molecule is N=C(c1ccccc1)c1[nH]c2ccccc2c1CC(=O)NN. The Hall–Kier alpha value is -2.92. The maximum atomic E-state index is 11.7. The van der Waals surface area contributed by atoms with Gasteiger partial charge in [-0.15, -0.1) is 0 Å². The van der Waals surface area contributed by atoms with E-state index in [0.717, 1.165) is 22.0 Å². The van der Waals surface area contributed by atoms with Crippen LogP contribution in [-0.4, -0.2) is 16.6 Å². The number of carbonyl (C=O) groups excluding carboxylic acids is 1. The van der Waals surface area contributed by atoms with Gasteiger partial charge in [0.25, 0.3) is 0 Å². The molecule has 5 nitrogen and oxygen atoms in total. The topological polar surface area (TPSA) is 94.8 Å². The fraction of sp³-hybridized carbons (Fsp3) is 0.0588. The summed E-state index contributed by atoms with van der Waals surface area (Å²) in [5, 5.41) is 9.38. The van der Waals surface area contributed by atoms with Gasteiger partial charge in [0.1, 0.15) is 0 Å². The molecule has 0 aliphatic heterocycles. The second-order valence-corrected chi connectivity index (χ2v) is 5.01. The van der Waals surface area contributed by atoms with Crippen LogP contribution in [0.4, 0.5) is 0 Å². The van der Waals surface area contributed by atoms with E-state index < -0.39 is 0 Å². The Morgan fingerprint density at radius 1 is 1.09 bits per heavy atom. The van der Waals surface area contributed by atoms with Crippen molar-refractivity contribution in [2.45, 2.75) is 6.42 Å². The monoisotopic (exact) mass is 292 g/mol. The summed E-state index contributed by atoms with van der Waals surface area (Å²) in [6, 6.07) is 17.1. The Morgan fingerprint density at radius 3 is 2.50 bits per heavy atom. The van der Waals surface area contributed by atoms with Crippen molar-refractivity contribution < 1.29 is 4.79 Å². The number of nitrogens with two attached hydrogens (primary N) is 1. The van der Waals surface area contributed by atoms with Crippen molar-refractivity contribution in [3.8, 4) is 0 Å². The van der Waals surface area contributed by atoms with Crippen molar-refractivity contribution >= 4 is 22.5 Å². The predicted molar refractivity (Wildman–Crippen MR) is 86.7 cm³/mol. The molecular formula is C17H16N4O. The van der Waals surface area contributed by atoms with E-state index in [1.54, 1.807) is 0 Å². The third-order valence-electron chi connectivity index (χ3n) is 3.62. The fourth-order valence-electron chi connectivity index (χ4n) is 2.56. The average molecular weight is 292 g/mol. The lowest BCUT2D eigenvalue weighted by atomic mass is 10.0. The molecule has 0 radical (unpaired) electrons. The van der Waals surface area contributed by atoms with Crippen LogP contribution >= 0.6 is 0 Å². The highest BCUT2D eigenvalue weighted by atomic mass is 16.2. The van der Waals surface area contributed by atoms with Gasteiger partial charge in [0.2, 0.25) is 5.91 Å². The molecule has 2 aromatic carbocycles. The van der Waals surface area contributed by atoms with Crippen LogP contribution in [0.5, 0.6) is 0 Å². The van der Waals surface area contributed by atoms with Crippen LogP contribution < -0.4 is 11.3 Å². The molecule has 0 aliphatic rings. The molecule has 0 fully saturated rings. The molecule has 5 heteroatoms. The number of nitrogens with one attached hydrogen (secondary N) is 3. The maximum Gasteiger partial charge on any atom is 0.238 e. The number of H-pyrrole nitrogens is 1. The number of para-hydroxylation sites is 1. The zero-order valence-corrected chi connectivity index (χ0v) is 11.9. The van der Waals surface area contributed by atoms with Gasteiger partial charge in [-0.25, -0.2) is 5.84 Å². The second kappa shape index (κ2) is 5.83. The number of hydrogen-bond donors (Lipinski definition) is 4. The van der Waals surface area contributed by atoms with Crippen molar-refractivity contribution in [3.05, 3.63) is 71.4 Å². The number of carbonyl (C=O) groups is 1. The Balaban J connectivity index is 2.14. The van der Waals surface area contributed by atoms with Crippen LogP contribution in [0.15, 0.2) is 54.6 Å². The molecule has 22 heavy (non-hydrogen) atoms. The lowest BCUT2D eigenvalue weighted by Crippen LogP contribution is -2.31. The molecule has 0 spiro atoms. The molecule has 1 heterocycles. The highest BCUT2D eigenvalue weighted by molar-refractivity contribution is 6.14. The summed E-state index contributed by atoms with van der Waals surface area (Å²) < 4.78 is 0. The molecule has 3 rings (SSSR count). The normalized spacial score (nSPS) is 10.6. The van der Waals surface area contributed by atoms with Gasteiger partial charge in [0.15, 0.2) is 0 Å². The van der Waals surface area contributed by atoms with E-state index in [4.69, 9.17) is 11.3 Å². The summed E-state index contributed by atoms with van der Waals surface area (Å²) in [4.78, 5) is 15.0. The summed E-state index contributed by atoms with van der Waals surface area (Å²) >= 11 is 0. The smallest absolute Gasteiger partial charge is 0.238 e. The summed E-state index contributed by atoms with van der Waals surface area (Å²) in [5.41, 5.74) is 5.64. The molecule has 110 valence electrons. The Morgan fingerprint density at radius 2 is 1.77 bits per heavy atom. The fourth-order valence-corrected chi connectivity index (χ4v) is 2.56. The lowest BCUT2D eigenvalue weighted by molar-refractivity contribution is -0.120. The number of amides is 1. The van der Waals surface area contributed by atoms with Crippen LogP contribution in [0.25, 0.3) is 10.9 Å². The van der Waals surface area contributed by atoms with Crippen LogP contribution in [0.3, 0.4) is 0 Å². The molecular weight excluding hydrogens is 276 g/mol. The number of aromatic nitrogens is 1. The lowest BCUT2D eigenvalue weighted by Gasteiger charge is -2.06. The minimum atomic E-state index is -0.285. The summed E-state index contributed by atoms with van der Waals surface area (Å²) in [6.45, 7) is 0. The standard InChI is InChI=1S/C17H16N4O/c18-16(11-6-2-1-3-7-11)17-13(10-15(22)21-19)12-8-4-5-9-14(12)20-17/h1-9,18,20H,10,19H2,(H,21,22). The van der Waals surface area contributed by atoms with Crippen molar-refractivity contribution in [1.29, 1.82) is 5.41 Å². The third-order valence-corrected chi connectivity index (χ3v) is 3.62. The van der Waals surface area contributed by atoms with E-state index in [1.807, 2.05) is 54.6 Å². The minimum absolute atomic E-state index is 0.130. The highest BCUT2D eigenvalue weighted by Gasteiger charge is 2.18. The molecule has 5 N–H and O–H groups in total. The Labute approximate surface area is 127 Å². The van der Waals surface area contributed by atoms with Crippen molar-refractivity contribution in [2.24, 2.45) is 5.84 Å². The van der Waals surface area contributed by atoms with Crippen LogP contribution in [0.1, 0.15) is 16.8 Å². The van der Waals surface area contributed by atoms with Gasteiger partial charge in [-0.1, -0.05) is 48.5 Å². The first-order valence-corrected chi connectivity index (χ1v) is 6.94. The quantitative estimate of drug-likeness (QED) is 0.256. The number of benzene rings is 2. The van der Waals surface area contributed by atoms with Crippen molar-refractivity contribution in [2.75, 3.05) is 0 Å². The molecule has 1 aromatic heterocycles. The zero-order valence-electron chi connectivity index (χ0n) is 11.9. The molecule has 0 saturated heterocycles. The summed E-state index contributed by atoms with van der Waals surface area (Å²) in [5.74, 6) is 4.92.